The third-order valence-corrected chi connectivity index (χ3v) is 3.26. The van der Waals surface area contributed by atoms with Crippen LogP contribution in [0.5, 0.6) is 0 Å². The fourth-order valence-corrected chi connectivity index (χ4v) is 2.21. The molecule has 1 aliphatic heterocycles. The molecule has 0 radical (unpaired) electrons. The molecule has 1 amide bonds. The Kier molecular flexibility index (Phi) is 5.85. The first kappa shape index (κ1) is 14.0. The van der Waals surface area contributed by atoms with Crippen molar-refractivity contribution in [3.8, 4) is 0 Å². The van der Waals surface area contributed by atoms with Gasteiger partial charge in [-0.1, -0.05) is 30.3 Å². The van der Waals surface area contributed by atoms with Gasteiger partial charge in [-0.05, 0) is 24.8 Å². The maximum Gasteiger partial charge on any atom is 0.233 e. The van der Waals surface area contributed by atoms with Gasteiger partial charge in [0.15, 0.2) is 0 Å². The zero-order chi connectivity index (χ0) is 13.3. The molecule has 0 bridgehead atoms. The first-order chi connectivity index (χ1) is 9.34. The van der Waals surface area contributed by atoms with Crippen LogP contribution in [0.15, 0.2) is 30.3 Å². The molecule has 1 aliphatic rings. The maximum atomic E-state index is 11.6. The van der Waals surface area contributed by atoms with E-state index in [1.165, 1.54) is 5.56 Å². The van der Waals surface area contributed by atoms with Gasteiger partial charge in [0, 0.05) is 19.7 Å². The standard InChI is InChI=1S/C15H22N2O2/c18-15(12-16-11-14-7-4-10-19-14)17-9-8-13-5-2-1-3-6-13/h1-3,5-6,14,16H,4,7-12H2,(H,17,18). The van der Waals surface area contributed by atoms with Gasteiger partial charge in [0.25, 0.3) is 0 Å². The van der Waals surface area contributed by atoms with Crippen molar-refractivity contribution in [1.29, 1.82) is 0 Å². The highest BCUT2D eigenvalue weighted by atomic mass is 16.5. The van der Waals surface area contributed by atoms with E-state index in [2.05, 4.69) is 22.8 Å². The van der Waals surface area contributed by atoms with E-state index in [0.29, 0.717) is 13.1 Å². The number of carbonyl (C=O) groups excluding carboxylic acids is 1. The monoisotopic (exact) mass is 262 g/mol. The number of benzene rings is 1. The second-order valence-corrected chi connectivity index (χ2v) is 4.85. The molecule has 0 saturated carbocycles. The predicted molar refractivity (Wildman–Crippen MR) is 75.0 cm³/mol. The number of ether oxygens (including phenoxy) is 1. The second kappa shape index (κ2) is 7.92. The lowest BCUT2D eigenvalue weighted by atomic mass is 10.1. The summed E-state index contributed by atoms with van der Waals surface area (Å²) in [5.41, 5.74) is 1.25. The van der Waals surface area contributed by atoms with Crippen molar-refractivity contribution in [1.82, 2.24) is 10.6 Å². The number of rotatable bonds is 7. The normalized spacial score (nSPS) is 18.4. The van der Waals surface area contributed by atoms with E-state index in [1.54, 1.807) is 0 Å². The van der Waals surface area contributed by atoms with Gasteiger partial charge in [-0.25, -0.2) is 0 Å². The van der Waals surface area contributed by atoms with Gasteiger partial charge in [0.1, 0.15) is 0 Å². The van der Waals surface area contributed by atoms with Crippen molar-refractivity contribution in [3.63, 3.8) is 0 Å². The number of amides is 1. The van der Waals surface area contributed by atoms with Gasteiger partial charge >= 0.3 is 0 Å². The highest BCUT2D eigenvalue weighted by Crippen LogP contribution is 2.10. The van der Waals surface area contributed by atoms with Gasteiger partial charge < -0.3 is 15.4 Å². The molecule has 104 valence electrons. The van der Waals surface area contributed by atoms with Crippen LogP contribution in [-0.2, 0) is 16.0 Å². The van der Waals surface area contributed by atoms with E-state index in [1.807, 2.05) is 18.2 Å². The first-order valence-electron chi connectivity index (χ1n) is 6.97. The second-order valence-electron chi connectivity index (χ2n) is 4.85. The van der Waals surface area contributed by atoms with Gasteiger partial charge in [-0.15, -0.1) is 0 Å². The van der Waals surface area contributed by atoms with Crippen molar-refractivity contribution in [3.05, 3.63) is 35.9 Å². The molecule has 1 fully saturated rings. The molecule has 1 unspecified atom stereocenters. The summed E-state index contributed by atoms with van der Waals surface area (Å²) >= 11 is 0. The van der Waals surface area contributed by atoms with Crippen molar-refractivity contribution >= 4 is 5.91 Å². The fraction of sp³-hybridized carbons (Fsp3) is 0.533. The van der Waals surface area contributed by atoms with Crippen LogP contribution < -0.4 is 10.6 Å². The summed E-state index contributed by atoms with van der Waals surface area (Å²) in [4.78, 5) is 11.6. The molecular weight excluding hydrogens is 240 g/mol. The summed E-state index contributed by atoms with van der Waals surface area (Å²) in [6.45, 7) is 2.68. The molecule has 1 aromatic rings. The molecule has 1 saturated heterocycles. The van der Waals surface area contributed by atoms with Crippen LogP contribution in [0, 0.1) is 0 Å². The predicted octanol–water partition coefficient (Wildman–Crippen LogP) is 1.11. The van der Waals surface area contributed by atoms with Crippen LogP contribution in [0.3, 0.4) is 0 Å². The minimum atomic E-state index is 0.0499. The number of hydrogen-bond donors (Lipinski definition) is 2. The molecule has 4 nitrogen and oxygen atoms in total. The minimum absolute atomic E-state index is 0.0499. The average Bonchev–Trinajstić information content (AvgIpc) is 2.93. The molecular formula is C15H22N2O2. The number of nitrogens with one attached hydrogen (secondary N) is 2. The molecule has 0 aromatic heterocycles. The Morgan fingerprint density at radius 1 is 1.32 bits per heavy atom. The van der Waals surface area contributed by atoms with Crippen LogP contribution in [0.2, 0.25) is 0 Å². The third-order valence-electron chi connectivity index (χ3n) is 3.26. The number of carbonyl (C=O) groups is 1. The average molecular weight is 262 g/mol. The van der Waals surface area contributed by atoms with Crippen LogP contribution in [0.25, 0.3) is 0 Å². The molecule has 1 heterocycles. The summed E-state index contributed by atoms with van der Waals surface area (Å²) in [6, 6.07) is 10.2. The highest BCUT2D eigenvalue weighted by Gasteiger charge is 2.14. The van der Waals surface area contributed by atoms with Crippen LogP contribution in [0.1, 0.15) is 18.4 Å². The van der Waals surface area contributed by atoms with Gasteiger partial charge in [0.05, 0.1) is 12.6 Å². The van der Waals surface area contributed by atoms with E-state index < -0.39 is 0 Å². The molecule has 4 heteroatoms. The Morgan fingerprint density at radius 2 is 2.16 bits per heavy atom. The van der Waals surface area contributed by atoms with E-state index in [4.69, 9.17) is 4.74 Å². The SMILES string of the molecule is O=C(CNCC1CCCO1)NCCc1ccccc1. The number of hydrogen-bond acceptors (Lipinski definition) is 3. The van der Waals surface area contributed by atoms with Crippen molar-refractivity contribution < 1.29 is 9.53 Å². The summed E-state index contributed by atoms with van der Waals surface area (Å²) < 4.78 is 5.48. The summed E-state index contributed by atoms with van der Waals surface area (Å²) in [7, 11) is 0. The molecule has 0 aliphatic carbocycles. The summed E-state index contributed by atoms with van der Waals surface area (Å²) in [6.07, 6.45) is 3.40. The van der Waals surface area contributed by atoms with Crippen molar-refractivity contribution in [2.45, 2.75) is 25.4 Å². The quantitative estimate of drug-likeness (QED) is 0.774. The van der Waals surface area contributed by atoms with Crippen molar-refractivity contribution in [2.75, 3.05) is 26.2 Å². The Bertz CT molecular complexity index is 375. The molecule has 19 heavy (non-hydrogen) atoms. The molecule has 1 aromatic carbocycles. The lowest BCUT2D eigenvalue weighted by molar-refractivity contribution is -0.120. The molecule has 0 spiro atoms. The largest absolute Gasteiger partial charge is 0.377 e. The van der Waals surface area contributed by atoms with E-state index >= 15 is 0 Å². The van der Waals surface area contributed by atoms with E-state index in [-0.39, 0.29) is 12.0 Å². The Morgan fingerprint density at radius 3 is 2.89 bits per heavy atom. The topological polar surface area (TPSA) is 50.4 Å². The van der Waals surface area contributed by atoms with Crippen molar-refractivity contribution in [2.24, 2.45) is 0 Å². The zero-order valence-corrected chi connectivity index (χ0v) is 11.2. The first-order valence-corrected chi connectivity index (χ1v) is 6.97. The summed E-state index contributed by atoms with van der Waals surface area (Å²) in [5, 5.41) is 6.05. The summed E-state index contributed by atoms with van der Waals surface area (Å²) in [5.74, 6) is 0.0499. The Hall–Kier alpha value is -1.39. The van der Waals surface area contributed by atoms with Crippen LogP contribution >= 0.6 is 0 Å². The Balaban J connectivity index is 1.52. The maximum absolute atomic E-state index is 11.6. The van der Waals surface area contributed by atoms with Gasteiger partial charge in [0.2, 0.25) is 5.91 Å². The smallest absolute Gasteiger partial charge is 0.233 e. The third kappa shape index (κ3) is 5.41. The van der Waals surface area contributed by atoms with Gasteiger partial charge in [-0.2, -0.15) is 0 Å². The molecule has 2 rings (SSSR count). The lowest BCUT2D eigenvalue weighted by Crippen LogP contribution is -2.37. The lowest BCUT2D eigenvalue weighted by Gasteiger charge is -2.10. The molecule has 2 N–H and O–H groups in total. The highest BCUT2D eigenvalue weighted by molar-refractivity contribution is 5.77. The van der Waals surface area contributed by atoms with Crippen LogP contribution in [-0.4, -0.2) is 38.3 Å². The van der Waals surface area contributed by atoms with E-state index in [9.17, 15) is 4.79 Å². The zero-order valence-electron chi connectivity index (χ0n) is 11.2. The molecule has 1 atom stereocenters. The fourth-order valence-electron chi connectivity index (χ4n) is 2.21. The Labute approximate surface area is 114 Å². The van der Waals surface area contributed by atoms with Crippen LogP contribution in [0.4, 0.5) is 0 Å². The van der Waals surface area contributed by atoms with E-state index in [0.717, 1.165) is 32.4 Å². The van der Waals surface area contributed by atoms with Gasteiger partial charge in [-0.3, -0.25) is 4.79 Å². The minimum Gasteiger partial charge on any atom is -0.377 e.